The maximum absolute atomic E-state index is 12.4. The summed E-state index contributed by atoms with van der Waals surface area (Å²) in [4.78, 5) is 23.9. The molecule has 6 heteroatoms. The second-order valence-electron chi connectivity index (χ2n) is 6.16. The molecule has 3 rings (SSSR count). The van der Waals surface area contributed by atoms with Crippen LogP contribution in [0.25, 0.3) is 0 Å². The van der Waals surface area contributed by atoms with Crippen LogP contribution in [0.2, 0.25) is 0 Å². The third kappa shape index (κ3) is 3.19. The summed E-state index contributed by atoms with van der Waals surface area (Å²) in [5, 5.41) is 11.8. The molecule has 0 spiro atoms. The second-order valence-corrected chi connectivity index (χ2v) is 6.16. The fourth-order valence-electron chi connectivity index (χ4n) is 3.20. The lowest BCUT2D eigenvalue weighted by atomic mass is 9.87. The predicted octanol–water partition coefficient (Wildman–Crippen LogP) is 2.30. The lowest BCUT2D eigenvalue weighted by Crippen LogP contribution is -2.39. The largest absolute Gasteiger partial charge is 0.466 e. The van der Waals surface area contributed by atoms with E-state index in [1.54, 1.807) is 30.6 Å². The van der Waals surface area contributed by atoms with Gasteiger partial charge in [-0.3, -0.25) is 14.8 Å². The second kappa shape index (κ2) is 6.49. The summed E-state index contributed by atoms with van der Waals surface area (Å²) in [6, 6.07) is 7.16. The Morgan fingerprint density at radius 3 is 2.62 bits per heavy atom. The van der Waals surface area contributed by atoms with Gasteiger partial charge in [0.15, 0.2) is 0 Å². The number of benzene rings is 1. The van der Waals surface area contributed by atoms with Gasteiger partial charge in [0, 0.05) is 11.6 Å². The molecule has 2 amide bonds. The Kier molecular flexibility index (Phi) is 4.40. The van der Waals surface area contributed by atoms with Crippen molar-refractivity contribution in [3.8, 4) is 0 Å². The molecule has 0 radical (unpaired) electrons. The van der Waals surface area contributed by atoms with E-state index in [1.807, 2.05) is 13.0 Å². The number of amides is 2. The Bertz CT molecular complexity index is 794. The van der Waals surface area contributed by atoms with Gasteiger partial charge in [0.05, 0.1) is 5.56 Å². The minimum atomic E-state index is -0.515. The van der Waals surface area contributed by atoms with Crippen molar-refractivity contribution in [3.63, 3.8) is 0 Å². The van der Waals surface area contributed by atoms with Crippen LogP contribution in [0.15, 0.2) is 28.7 Å². The Balaban J connectivity index is 1.70. The van der Waals surface area contributed by atoms with Gasteiger partial charge in [-0.1, -0.05) is 6.07 Å². The van der Waals surface area contributed by atoms with Crippen LogP contribution in [0, 0.1) is 13.8 Å². The molecule has 0 bridgehead atoms. The molecule has 0 fully saturated rings. The highest BCUT2D eigenvalue weighted by Crippen LogP contribution is 2.23. The molecule has 1 aliphatic rings. The van der Waals surface area contributed by atoms with Crippen LogP contribution in [0.3, 0.4) is 0 Å². The number of carbonyl (C=O) groups excluding carboxylic acids is 2. The van der Waals surface area contributed by atoms with E-state index < -0.39 is 5.91 Å². The molecular formula is C18H20N2O4. The highest BCUT2D eigenvalue weighted by Gasteiger charge is 2.23. The molecule has 6 nitrogen and oxygen atoms in total. The van der Waals surface area contributed by atoms with Crippen LogP contribution in [-0.4, -0.2) is 23.1 Å². The number of hydroxylamine groups is 1. The van der Waals surface area contributed by atoms with E-state index in [4.69, 9.17) is 9.62 Å². The number of nitrogens with one attached hydrogen (secondary N) is 2. The zero-order valence-corrected chi connectivity index (χ0v) is 13.7. The first kappa shape index (κ1) is 16.3. The van der Waals surface area contributed by atoms with Gasteiger partial charge in [-0.25, -0.2) is 5.48 Å². The Morgan fingerprint density at radius 1 is 1.17 bits per heavy atom. The molecular weight excluding hydrogens is 308 g/mol. The SMILES string of the molecule is Cc1cc(C(=O)NC2CCc3cc(C(=O)NO)ccc3C2)c(C)o1. The molecule has 0 saturated carbocycles. The molecule has 0 aliphatic heterocycles. The number of fused-ring (bicyclic) bond motifs is 1. The van der Waals surface area contributed by atoms with Crippen LogP contribution in [0.4, 0.5) is 0 Å². The number of hydrogen-bond acceptors (Lipinski definition) is 4. The van der Waals surface area contributed by atoms with Gasteiger partial charge in [-0.05, 0) is 62.4 Å². The Morgan fingerprint density at radius 2 is 1.96 bits per heavy atom. The maximum atomic E-state index is 12.4. The fourth-order valence-corrected chi connectivity index (χ4v) is 3.20. The first-order valence-electron chi connectivity index (χ1n) is 7.92. The van der Waals surface area contributed by atoms with Crippen molar-refractivity contribution in [1.29, 1.82) is 0 Å². The third-order valence-corrected chi connectivity index (χ3v) is 4.42. The molecule has 2 aromatic rings. The lowest BCUT2D eigenvalue weighted by molar-refractivity contribution is 0.0706. The Hall–Kier alpha value is -2.60. The molecule has 1 unspecified atom stereocenters. The molecule has 1 atom stereocenters. The third-order valence-electron chi connectivity index (χ3n) is 4.42. The normalized spacial score (nSPS) is 16.4. The van der Waals surface area contributed by atoms with Crippen molar-refractivity contribution in [2.45, 2.75) is 39.2 Å². The summed E-state index contributed by atoms with van der Waals surface area (Å²) in [7, 11) is 0. The quantitative estimate of drug-likeness (QED) is 0.595. The van der Waals surface area contributed by atoms with Gasteiger partial charge in [0.1, 0.15) is 11.5 Å². The van der Waals surface area contributed by atoms with Crippen LogP contribution >= 0.6 is 0 Å². The predicted molar refractivity (Wildman–Crippen MR) is 87.2 cm³/mol. The van der Waals surface area contributed by atoms with Crippen molar-refractivity contribution < 1.29 is 19.2 Å². The monoisotopic (exact) mass is 328 g/mol. The van der Waals surface area contributed by atoms with E-state index in [2.05, 4.69) is 5.32 Å². The zero-order valence-electron chi connectivity index (χ0n) is 13.7. The minimum Gasteiger partial charge on any atom is -0.466 e. The molecule has 126 valence electrons. The maximum Gasteiger partial charge on any atom is 0.274 e. The summed E-state index contributed by atoms with van der Waals surface area (Å²) in [6.07, 6.45) is 2.30. The van der Waals surface area contributed by atoms with Crippen LogP contribution in [0.5, 0.6) is 0 Å². The zero-order chi connectivity index (χ0) is 17.3. The lowest BCUT2D eigenvalue weighted by Gasteiger charge is -2.25. The van der Waals surface area contributed by atoms with Crippen molar-refractivity contribution in [2.75, 3.05) is 0 Å². The van der Waals surface area contributed by atoms with Crippen molar-refractivity contribution >= 4 is 11.8 Å². The summed E-state index contributed by atoms with van der Waals surface area (Å²) >= 11 is 0. The van der Waals surface area contributed by atoms with Gasteiger partial charge >= 0.3 is 0 Å². The standard InChI is InChI=1S/C18H20N2O4/c1-10-7-16(11(2)24-10)18(22)19-15-6-5-12-8-14(17(21)20-23)4-3-13(12)9-15/h3-4,7-8,15,23H,5-6,9H2,1-2H3,(H,19,22)(H,20,21). The van der Waals surface area contributed by atoms with E-state index in [0.717, 1.165) is 36.1 Å². The summed E-state index contributed by atoms with van der Waals surface area (Å²) in [6.45, 7) is 3.60. The molecule has 1 aromatic heterocycles. The molecule has 24 heavy (non-hydrogen) atoms. The average Bonchev–Trinajstić information content (AvgIpc) is 2.92. The van der Waals surface area contributed by atoms with Gasteiger partial charge in [0.25, 0.3) is 11.8 Å². The van der Waals surface area contributed by atoms with Crippen molar-refractivity contribution in [3.05, 3.63) is 58.0 Å². The minimum absolute atomic E-state index is 0.0529. The molecule has 1 aliphatic carbocycles. The number of aryl methyl sites for hydroxylation is 3. The summed E-state index contributed by atoms with van der Waals surface area (Å²) in [5.74, 6) is 0.718. The summed E-state index contributed by atoms with van der Waals surface area (Å²) in [5.41, 5.74) is 4.85. The van der Waals surface area contributed by atoms with E-state index >= 15 is 0 Å². The number of carbonyl (C=O) groups is 2. The van der Waals surface area contributed by atoms with Crippen molar-refractivity contribution in [1.82, 2.24) is 10.8 Å². The molecule has 0 saturated heterocycles. The van der Waals surface area contributed by atoms with Gasteiger partial charge in [-0.15, -0.1) is 0 Å². The first-order valence-corrected chi connectivity index (χ1v) is 7.92. The van der Waals surface area contributed by atoms with Crippen molar-refractivity contribution in [2.24, 2.45) is 0 Å². The van der Waals surface area contributed by atoms with Crippen LogP contribution in [0.1, 0.15) is 49.8 Å². The first-order chi connectivity index (χ1) is 11.5. The number of hydrogen-bond donors (Lipinski definition) is 3. The topological polar surface area (TPSA) is 91.6 Å². The molecule has 3 N–H and O–H groups in total. The van der Waals surface area contributed by atoms with Gasteiger partial charge in [-0.2, -0.15) is 0 Å². The summed E-state index contributed by atoms with van der Waals surface area (Å²) < 4.78 is 5.41. The molecule has 1 aromatic carbocycles. The van der Waals surface area contributed by atoms with E-state index in [9.17, 15) is 9.59 Å². The highest BCUT2D eigenvalue weighted by molar-refractivity contribution is 5.95. The van der Waals surface area contributed by atoms with Crippen LogP contribution in [-0.2, 0) is 12.8 Å². The fraction of sp³-hybridized carbons (Fsp3) is 0.333. The Labute approximate surface area is 139 Å². The smallest absolute Gasteiger partial charge is 0.274 e. The van der Waals surface area contributed by atoms with E-state index in [-0.39, 0.29) is 11.9 Å². The number of rotatable bonds is 3. The van der Waals surface area contributed by atoms with E-state index in [0.29, 0.717) is 16.9 Å². The average molecular weight is 328 g/mol. The molecule has 1 heterocycles. The van der Waals surface area contributed by atoms with E-state index in [1.165, 1.54) is 0 Å². The van der Waals surface area contributed by atoms with Gasteiger partial charge < -0.3 is 9.73 Å². The number of furan rings is 1. The van der Waals surface area contributed by atoms with Crippen LogP contribution < -0.4 is 10.8 Å². The van der Waals surface area contributed by atoms with Gasteiger partial charge in [0.2, 0.25) is 0 Å². The highest BCUT2D eigenvalue weighted by atomic mass is 16.5.